The van der Waals surface area contributed by atoms with E-state index in [0.717, 1.165) is 37.7 Å². The summed E-state index contributed by atoms with van der Waals surface area (Å²) in [5.74, 6) is -2.05. The van der Waals surface area contributed by atoms with Gasteiger partial charge in [0.1, 0.15) is 31.1 Å². The molecule has 1 aliphatic carbocycles. The first-order valence-corrected chi connectivity index (χ1v) is 21.6. The molecule has 0 bridgehead atoms. The minimum absolute atomic E-state index is 0.0776. The van der Waals surface area contributed by atoms with Crippen LogP contribution in [-0.2, 0) is 55.7 Å². The smallest absolute Gasteiger partial charge is 0.246 e. The predicted octanol–water partition coefficient (Wildman–Crippen LogP) is 0.941. The van der Waals surface area contributed by atoms with Crippen molar-refractivity contribution in [3.05, 3.63) is 71.3 Å². The third-order valence-corrected chi connectivity index (χ3v) is 10.8. The summed E-state index contributed by atoms with van der Waals surface area (Å²) in [6.45, 7) is 2.06. The number of ether oxygens (including phenoxy) is 3. The molecule has 17 nitrogen and oxygen atoms in total. The zero-order valence-corrected chi connectivity index (χ0v) is 34.1. The molecule has 2 atom stereocenters. The van der Waals surface area contributed by atoms with Crippen LogP contribution in [0.15, 0.2) is 54.6 Å². The van der Waals surface area contributed by atoms with Crippen molar-refractivity contribution < 1.29 is 41.8 Å². The fourth-order valence-corrected chi connectivity index (χ4v) is 7.73. The average molecular weight is 831 g/mol. The van der Waals surface area contributed by atoms with Crippen molar-refractivity contribution in [2.75, 3.05) is 59.3 Å². The first-order chi connectivity index (χ1) is 28.0. The molecular formula is C40H62N8O9S. The van der Waals surface area contributed by atoms with Crippen LogP contribution >= 0.6 is 0 Å². The van der Waals surface area contributed by atoms with E-state index in [1.54, 1.807) is 54.6 Å². The van der Waals surface area contributed by atoms with E-state index < -0.39 is 39.8 Å². The summed E-state index contributed by atoms with van der Waals surface area (Å²) in [6, 6.07) is 13.5. The van der Waals surface area contributed by atoms with Crippen molar-refractivity contribution >= 4 is 39.5 Å². The largest absolute Gasteiger partial charge is 0.384 e. The second kappa shape index (κ2) is 27.3. The van der Waals surface area contributed by atoms with Crippen LogP contribution in [0.3, 0.4) is 0 Å². The maximum absolute atomic E-state index is 13.9. The van der Waals surface area contributed by atoms with Crippen molar-refractivity contribution in [3.8, 4) is 0 Å². The van der Waals surface area contributed by atoms with Crippen molar-refractivity contribution in [2.24, 2.45) is 17.4 Å². The molecule has 18 heteroatoms. The molecule has 3 rings (SSSR count). The summed E-state index contributed by atoms with van der Waals surface area (Å²) >= 11 is 0. The number of rotatable bonds is 29. The van der Waals surface area contributed by atoms with Crippen LogP contribution in [-0.4, -0.2) is 109 Å². The molecule has 0 saturated heterocycles. The SMILES string of the molecule is N=C(N)c1ccc(CNC(=O)[C@H](CCCCNC(=O)COCC(=O)NCCOCCOCCN)NC(=O)[C@@H](CC2CCCCC2)NS(=O)(=O)Cc2ccccc2)cc1. The number of hydrogen-bond donors (Lipinski definition) is 8. The molecular weight excluding hydrogens is 769 g/mol. The lowest BCUT2D eigenvalue weighted by Crippen LogP contribution is -2.54. The van der Waals surface area contributed by atoms with E-state index in [0.29, 0.717) is 63.4 Å². The lowest BCUT2D eigenvalue weighted by atomic mass is 9.85. The van der Waals surface area contributed by atoms with Crippen LogP contribution in [0.25, 0.3) is 0 Å². The summed E-state index contributed by atoms with van der Waals surface area (Å²) in [7, 11) is -3.92. The summed E-state index contributed by atoms with van der Waals surface area (Å²) in [6.07, 6.45) is 6.32. The van der Waals surface area contributed by atoms with Crippen LogP contribution in [0.1, 0.15) is 74.5 Å². The second-order valence-corrected chi connectivity index (χ2v) is 16.0. The normalized spacial score (nSPS) is 14.2. The van der Waals surface area contributed by atoms with E-state index in [-0.39, 0.29) is 62.7 Å². The van der Waals surface area contributed by atoms with Crippen LogP contribution in [0.4, 0.5) is 0 Å². The van der Waals surface area contributed by atoms with Crippen molar-refractivity contribution in [3.63, 3.8) is 0 Å². The topological polar surface area (TPSA) is 266 Å². The molecule has 0 radical (unpaired) electrons. The van der Waals surface area contributed by atoms with Crippen molar-refractivity contribution in [2.45, 2.75) is 82.2 Å². The zero-order valence-electron chi connectivity index (χ0n) is 33.3. The molecule has 1 fully saturated rings. The number of hydrogen-bond acceptors (Lipinski definition) is 11. The van der Waals surface area contributed by atoms with Gasteiger partial charge in [0, 0.05) is 31.7 Å². The van der Waals surface area contributed by atoms with Crippen LogP contribution in [0.5, 0.6) is 0 Å². The van der Waals surface area contributed by atoms with Crippen LogP contribution in [0, 0.1) is 11.3 Å². The first kappa shape index (κ1) is 47.9. The Kier molecular flexibility index (Phi) is 22.5. The molecule has 322 valence electrons. The fraction of sp³-hybridized carbons (Fsp3) is 0.575. The van der Waals surface area contributed by atoms with Gasteiger partial charge in [0.05, 0.1) is 32.2 Å². The molecule has 58 heavy (non-hydrogen) atoms. The number of nitrogens with one attached hydrogen (secondary N) is 6. The Balaban J connectivity index is 1.53. The third kappa shape index (κ3) is 20.3. The molecule has 10 N–H and O–H groups in total. The van der Waals surface area contributed by atoms with E-state index in [4.69, 9.17) is 31.1 Å². The number of carbonyl (C=O) groups excluding carboxylic acids is 4. The molecule has 0 spiro atoms. The number of amides is 4. The lowest BCUT2D eigenvalue weighted by Gasteiger charge is -2.28. The predicted molar refractivity (Wildman–Crippen MR) is 220 cm³/mol. The number of unbranched alkanes of at least 4 members (excludes halogenated alkanes) is 1. The Morgan fingerprint density at radius 1 is 0.741 bits per heavy atom. The molecule has 0 aromatic heterocycles. The minimum Gasteiger partial charge on any atom is -0.384 e. The van der Waals surface area contributed by atoms with Gasteiger partial charge in [-0.25, -0.2) is 13.1 Å². The van der Waals surface area contributed by atoms with Gasteiger partial charge in [0.25, 0.3) is 0 Å². The second-order valence-electron chi connectivity index (χ2n) is 14.2. The highest BCUT2D eigenvalue weighted by Gasteiger charge is 2.31. The van der Waals surface area contributed by atoms with Gasteiger partial charge in [-0.15, -0.1) is 0 Å². The molecule has 0 heterocycles. The highest BCUT2D eigenvalue weighted by atomic mass is 32.2. The van der Waals surface area contributed by atoms with Gasteiger partial charge in [-0.05, 0) is 42.7 Å². The van der Waals surface area contributed by atoms with Crippen LogP contribution < -0.4 is 37.5 Å². The maximum Gasteiger partial charge on any atom is 0.246 e. The Hall–Kier alpha value is -4.46. The molecule has 0 aliphatic heterocycles. The minimum atomic E-state index is -3.92. The van der Waals surface area contributed by atoms with E-state index in [9.17, 15) is 27.6 Å². The molecule has 4 amide bonds. The summed E-state index contributed by atoms with van der Waals surface area (Å²) in [5.41, 5.74) is 12.8. The Bertz CT molecular complexity index is 1660. The molecule has 1 saturated carbocycles. The maximum atomic E-state index is 13.9. The highest BCUT2D eigenvalue weighted by molar-refractivity contribution is 7.88. The Morgan fingerprint density at radius 3 is 2.05 bits per heavy atom. The Morgan fingerprint density at radius 2 is 1.40 bits per heavy atom. The highest BCUT2D eigenvalue weighted by Crippen LogP contribution is 2.28. The average Bonchev–Trinajstić information content (AvgIpc) is 3.20. The number of nitrogens with two attached hydrogens (primary N) is 2. The van der Waals surface area contributed by atoms with E-state index >= 15 is 0 Å². The third-order valence-electron chi connectivity index (χ3n) is 9.41. The standard InChI is InChI=1S/C40H62N8O9S/c41-18-21-55-23-24-56-22-20-45-37(50)28-57-27-36(49)44-19-8-7-13-34(39(51)46-26-31-14-16-33(17-15-31)38(42)43)47-40(52)35(25-30-9-3-1-4-10-30)48-58(53,54)29-32-11-5-2-6-12-32/h2,5-6,11-12,14-17,30,34-35,48H,1,3-4,7-10,13,18-29,41H2,(H3,42,43)(H,44,49)(H,45,50)(H,46,51)(H,47,52)/t34-,35+/m0/s1. The number of benzene rings is 2. The van der Waals surface area contributed by atoms with E-state index in [1.165, 1.54) is 0 Å². The van der Waals surface area contributed by atoms with E-state index in [2.05, 4.69) is 26.0 Å². The van der Waals surface area contributed by atoms with Gasteiger partial charge in [0.2, 0.25) is 33.7 Å². The summed E-state index contributed by atoms with van der Waals surface area (Å²) < 4.78 is 45.1. The van der Waals surface area contributed by atoms with Gasteiger partial charge < -0.3 is 46.9 Å². The summed E-state index contributed by atoms with van der Waals surface area (Å²) in [5, 5.41) is 18.7. The zero-order chi connectivity index (χ0) is 42.0. The van der Waals surface area contributed by atoms with Crippen LogP contribution in [0.2, 0.25) is 0 Å². The summed E-state index contributed by atoms with van der Waals surface area (Å²) in [4.78, 5) is 51.8. The quantitative estimate of drug-likeness (QED) is 0.0325. The van der Waals surface area contributed by atoms with Crippen molar-refractivity contribution in [1.29, 1.82) is 5.41 Å². The number of carbonyl (C=O) groups is 4. The molecule has 2 aromatic carbocycles. The number of nitrogen functional groups attached to an aromatic ring is 1. The van der Waals surface area contributed by atoms with E-state index in [1.807, 2.05) is 0 Å². The van der Waals surface area contributed by atoms with Crippen molar-refractivity contribution in [1.82, 2.24) is 26.0 Å². The monoisotopic (exact) mass is 830 g/mol. The molecule has 0 unspecified atom stereocenters. The Labute approximate surface area is 342 Å². The fourth-order valence-electron chi connectivity index (χ4n) is 6.38. The molecule has 1 aliphatic rings. The van der Waals surface area contributed by atoms with Gasteiger partial charge in [-0.1, -0.05) is 86.7 Å². The van der Waals surface area contributed by atoms with Gasteiger partial charge >= 0.3 is 0 Å². The van der Waals surface area contributed by atoms with Gasteiger partial charge in [-0.2, -0.15) is 0 Å². The number of amidine groups is 1. The lowest BCUT2D eigenvalue weighted by molar-refractivity contribution is -0.131. The first-order valence-electron chi connectivity index (χ1n) is 20.0. The number of sulfonamides is 1. The van der Waals surface area contributed by atoms with Gasteiger partial charge in [0.15, 0.2) is 0 Å². The molecule has 2 aromatic rings. The van der Waals surface area contributed by atoms with Gasteiger partial charge in [-0.3, -0.25) is 24.6 Å².